The normalized spacial score (nSPS) is 14.4. The Hall–Kier alpha value is -2.11. The number of fused-ring (bicyclic) bond motifs is 1. The number of hydrogen-bond donors (Lipinski definition) is 1. The maximum atomic E-state index is 12.3. The molecule has 1 atom stereocenters. The first-order chi connectivity index (χ1) is 11.8. The van der Waals surface area contributed by atoms with Gasteiger partial charge in [-0.15, -0.1) is 22.7 Å². The van der Waals surface area contributed by atoms with Crippen LogP contribution in [0.4, 0.5) is 5.69 Å². The van der Waals surface area contributed by atoms with Crippen LogP contribution in [0, 0.1) is 0 Å². The van der Waals surface area contributed by atoms with Crippen molar-refractivity contribution in [3.05, 3.63) is 74.6 Å². The van der Waals surface area contributed by atoms with Crippen molar-refractivity contribution in [1.82, 2.24) is 5.32 Å². The summed E-state index contributed by atoms with van der Waals surface area (Å²) >= 11 is 3.23. The Morgan fingerprint density at radius 2 is 1.92 bits per heavy atom. The third kappa shape index (κ3) is 2.97. The molecule has 24 heavy (non-hydrogen) atoms. The number of para-hydroxylation sites is 1. The van der Waals surface area contributed by atoms with Gasteiger partial charge in [0.2, 0.25) is 0 Å². The molecule has 5 heteroatoms. The van der Waals surface area contributed by atoms with Crippen LogP contribution in [0.25, 0.3) is 0 Å². The quantitative estimate of drug-likeness (QED) is 0.739. The van der Waals surface area contributed by atoms with Crippen molar-refractivity contribution in [1.29, 1.82) is 0 Å². The van der Waals surface area contributed by atoms with Gasteiger partial charge in [-0.3, -0.25) is 4.79 Å². The van der Waals surface area contributed by atoms with Gasteiger partial charge in [0.05, 0.1) is 10.9 Å². The fourth-order valence-corrected chi connectivity index (χ4v) is 4.70. The van der Waals surface area contributed by atoms with Crippen LogP contribution < -0.4 is 10.2 Å². The lowest BCUT2D eigenvalue weighted by Crippen LogP contribution is -2.36. The average molecular weight is 354 g/mol. The summed E-state index contributed by atoms with van der Waals surface area (Å²) in [7, 11) is 0. The Balaban J connectivity index is 1.56. The lowest BCUT2D eigenvalue weighted by Gasteiger charge is -2.30. The molecule has 3 nitrogen and oxygen atoms in total. The number of nitrogens with one attached hydrogen (secondary N) is 1. The molecule has 0 aliphatic carbocycles. The van der Waals surface area contributed by atoms with Crippen LogP contribution in [-0.4, -0.2) is 19.0 Å². The molecule has 0 radical (unpaired) electrons. The molecule has 0 spiro atoms. The minimum atomic E-state index is 0.0130. The van der Waals surface area contributed by atoms with Crippen LogP contribution >= 0.6 is 22.7 Å². The van der Waals surface area contributed by atoms with E-state index in [2.05, 4.69) is 52.0 Å². The molecule has 0 saturated carbocycles. The number of rotatable bonds is 5. The number of hydrogen-bond acceptors (Lipinski definition) is 4. The molecule has 122 valence electrons. The van der Waals surface area contributed by atoms with Crippen LogP contribution in [0.15, 0.2) is 59.3 Å². The van der Waals surface area contributed by atoms with E-state index in [0.29, 0.717) is 6.54 Å². The van der Waals surface area contributed by atoms with Gasteiger partial charge in [-0.05, 0) is 40.9 Å². The highest BCUT2D eigenvalue weighted by molar-refractivity contribution is 7.12. The van der Waals surface area contributed by atoms with Gasteiger partial charge in [0.1, 0.15) is 0 Å². The largest absolute Gasteiger partial charge is 0.361 e. The number of amides is 1. The van der Waals surface area contributed by atoms with Crippen LogP contribution in [-0.2, 0) is 6.42 Å². The van der Waals surface area contributed by atoms with Crippen molar-refractivity contribution in [2.75, 3.05) is 18.0 Å². The summed E-state index contributed by atoms with van der Waals surface area (Å²) in [6, 6.07) is 16.8. The van der Waals surface area contributed by atoms with Gasteiger partial charge in [0.15, 0.2) is 0 Å². The summed E-state index contributed by atoms with van der Waals surface area (Å²) < 4.78 is 0. The molecule has 3 heterocycles. The number of anilines is 1. The minimum absolute atomic E-state index is 0.0130. The Kier molecular flexibility index (Phi) is 4.36. The van der Waals surface area contributed by atoms with E-state index in [4.69, 9.17) is 0 Å². The minimum Gasteiger partial charge on any atom is -0.361 e. The molecule has 0 bridgehead atoms. The number of carbonyl (C=O) groups excluding carboxylic acids is 1. The van der Waals surface area contributed by atoms with Gasteiger partial charge in [-0.2, -0.15) is 0 Å². The molecule has 2 aromatic heterocycles. The Morgan fingerprint density at radius 3 is 2.71 bits per heavy atom. The van der Waals surface area contributed by atoms with Crippen LogP contribution in [0.2, 0.25) is 0 Å². The van der Waals surface area contributed by atoms with E-state index >= 15 is 0 Å². The topological polar surface area (TPSA) is 32.3 Å². The van der Waals surface area contributed by atoms with E-state index in [1.165, 1.54) is 27.5 Å². The molecule has 1 aliphatic heterocycles. The van der Waals surface area contributed by atoms with E-state index in [0.717, 1.165) is 17.8 Å². The third-order valence-corrected chi connectivity index (χ3v) is 6.21. The van der Waals surface area contributed by atoms with Crippen LogP contribution in [0.5, 0.6) is 0 Å². The number of benzene rings is 1. The van der Waals surface area contributed by atoms with E-state index in [1.54, 1.807) is 11.3 Å². The van der Waals surface area contributed by atoms with Crippen LogP contribution in [0.3, 0.4) is 0 Å². The summed E-state index contributed by atoms with van der Waals surface area (Å²) in [5, 5.41) is 7.15. The van der Waals surface area contributed by atoms with Crippen LogP contribution in [0.1, 0.15) is 26.2 Å². The summed E-state index contributed by atoms with van der Waals surface area (Å²) in [6.45, 7) is 1.61. The molecule has 1 amide bonds. The fraction of sp³-hybridized carbons (Fsp3) is 0.211. The summed E-state index contributed by atoms with van der Waals surface area (Å²) in [4.78, 5) is 16.8. The highest BCUT2D eigenvalue weighted by atomic mass is 32.1. The zero-order chi connectivity index (χ0) is 16.4. The Labute approximate surface area is 149 Å². The van der Waals surface area contributed by atoms with Gasteiger partial charge < -0.3 is 10.2 Å². The number of thiophene rings is 2. The van der Waals surface area contributed by atoms with Gasteiger partial charge in [-0.25, -0.2) is 0 Å². The lowest BCUT2D eigenvalue weighted by molar-refractivity contribution is 0.0955. The van der Waals surface area contributed by atoms with Gasteiger partial charge in [0.25, 0.3) is 5.91 Å². The second-order valence-electron chi connectivity index (χ2n) is 5.79. The zero-order valence-electron chi connectivity index (χ0n) is 13.1. The standard InChI is InChI=1S/C19H18N2OS2/c22-19(18-8-4-12-24-18)20-13-16(17-7-3-11-23-17)21-10-9-14-5-1-2-6-15(14)21/h1-8,11-12,16H,9-10,13H2,(H,20,22). The molecule has 0 fully saturated rings. The first-order valence-electron chi connectivity index (χ1n) is 8.02. The summed E-state index contributed by atoms with van der Waals surface area (Å²) in [5.41, 5.74) is 2.69. The smallest absolute Gasteiger partial charge is 0.261 e. The Morgan fingerprint density at radius 1 is 1.08 bits per heavy atom. The SMILES string of the molecule is O=C(NCC(c1cccs1)N1CCc2ccccc21)c1cccs1. The monoisotopic (exact) mass is 354 g/mol. The van der Waals surface area contributed by atoms with Crippen molar-refractivity contribution in [3.63, 3.8) is 0 Å². The Bertz CT molecular complexity index is 812. The first kappa shape index (κ1) is 15.4. The fourth-order valence-electron chi connectivity index (χ4n) is 3.22. The molecule has 4 rings (SSSR count). The van der Waals surface area contributed by atoms with Gasteiger partial charge >= 0.3 is 0 Å². The highest BCUT2D eigenvalue weighted by Gasteiger charge is 2.28. The second kappa shape index (κ2) is 6.79. The number of nitrogens with zero attached hydrogens (tertiary/aromatic N) is 1. The van der Waals surface area contributed by atoms with Crippen molar-refractivity contribution in [3.8, 4) is 0 Å². The van der Waals surface area contributed by atoms with Crippen molar-refractivity contribution in [2.45, 2.75) is 12.5 Å². The molecular formula is C19H18N2OS2. The van der Waals surface area contributed by atoms with E-state index in [9.17, 15) is 4.79 Å². The van der Waals surface area contributed by atoms with E-state index in [1.807, 2.05) is 17.5 Å². The molecular weight excluding hydrogens is 336 g/mol. The lowest BCUT2D eigenvalue weighted by atomic mass is 10.1. The number of carbonyl (C=O) groups is 1. The summed E-state index contributed by atoms with van der Waals surface area (Å²) in [5.74, 6) is 0.0130. The molecule has 1 aliphatic rings. The predicted molar refractivity (Wildman–Crippen MR) is 101 cm³/mol. The molecule has 1 unspecified atom stereocenters. The van der Waals surface area contributed by atoms with Gasteiger partial charge in [-0.1, -0.05) is 30.3 Å². The third-order valence-electron chi connectivity index (χ3n) is 4.37. The van der Waals surface area contributed by atoms with E-state index < -0.39 is 0 Å². The van der Waals surface area contributed by atoms with Crippen molar-refractivity contribution in [2.24, 2.45) is 0 Å². The van der Waals surface area contributed by atoms with Crippen molar-refractivity contribution >= 4 is 34.3 Å². The predicted octanol–water partition coefficient (Wildman–Crippen LogP) is 4.34. The van der Waals surface area contributed by atoms with Gasteiger partial charge in [0, 0.05) is 23.7 Å². The highest BCUT2D eigenvalue weighted by Crippen LogP contribution is 2.36. The average Bonchev–Trinajstić information content (AvgIpc) is 3.37. The maximum absolute atomic E-state index is 12.3. The van der Waals surface area contributed by atoms with Crippen molar-refractivity contribution < 1.29 is 4.79 Å². The van der Waals surface area contributed by atoms with E-state index in [-0.39, 0.29) is 11.9 Å². The summed E-state index contributed by atoms with van der Waals surface area (Å²) in [6.07, 6.45) is 1.07. The molecule has 3 aromatic rings. The molecule has 0 saturated heterocycles. The second-order valence-corrected chi connectivity index (χ2v) is 7.72. The molecule has 1 N–H and O–H groups in total. The maximum Gasteiger partial charge on any atom is 0.261 e. The zero-order valence-corrected chi connectivity index (χ0v) is 14.8. The molecule has 1 aromatic carbocycles. The first-order valence-corrected chi connectivity index (χ1v) is 9.78.